The number of aromatic nitrogens is 1. The van der Waals surface area contributed by atoms with Crippen molar-refractivity contribution in [3.8, 4) is 0 Å². The largest absolute Gasteiger partial charge is 0.376 e. The Kier molecular flexibility index (Phi) is 5.63. The highest BCUT2D eigenvalue weighted by molar-refractivity contribution is 5.93. The molecule has 0 atom stereocenters. The lowest BCUT2D eigenvalue weighted by atomic mass is 10.3. The van der Waals surface area contributed by atoms with Gasteiger partial charge in [0.1, 0.15) is 5.69 Å². The smallest absolute Gasteiger partial charge is 0.269 e. The van der Waals surface area contributed by atoms with Crippen LogP contribution in [0.15, 0.2) is 18.3 Å². The SMILES string of the molecule is CCNC(=O)CNc1ccnc(C(=O)NCC)c1. The van der Waals surface area contributed by atoms with Gasteiger partial charge in [-0.3, -0.25) is 14.6 Å². The van der Waals surface area contributed by atoms with Crippen molar-refractivity contribution in [3.05, 3.63) is 24.0 Å². The Balaban J connectivity index is 2.59. The molecular formula is C12H18N4O2. The first-order valence-corrected chi connectivity index (χ1v) is 5.92. The van der Waals surface area contributed by atoms with E-state index in [1.807, 2.05) is 13.8 Å². The van der Waals surface area contributed by atoms with Crippen LogP contribution in [-0.2, 0) is 4.79 Å². The van der Waals surface area contributed by atoms with Gasteiger partial charge in [-0.15, -0.1) is 0 Å². The molecule has 3 N–H and O–H groups in total. The van der Waals surface area contributed by atoms with Crippen LogP contribution >= 0.6 is 0 Å². The fraction of sp³-hybridized carbons (Fsp3) is 0.417. The monoisotopic (exact) mass is 250 g/mol. The molecule has 18 heavy (non-hydrogen) atoms. The van der Waals surface area contributed by atoms with Crippen molar-refractivity contribution >= 4 is 17.5 Å². The third-order valence-electron chi connectivity index (χ3n) is 2.16. The highest BCUT2D eigenvalue weighted by Gasteiger charge is 2.06. The number of amides is 2. The van der Waals surface area contributed by atoms with Crippen LogP contribution in [-0.4, -0.2) is 36.4 Å². The average Bonchev–Trinajstić information content (AvgIpc) is 2.37. The van der Waals surface area contributed by atoms with Gasteiger partial charge in [0.25, 0.3) is 5.91 Å². The zero-order chi connectivity index (χ0) is 13.4. The van der Waals surface area contributed by atoms with E-state index in [2.05, 4.69) is 20.9 Å². The first-order chi connectivity index (χ1) is 8.67. The number of nitrogens with one attached hydrogen (secondary N) is 3. The molecular weight excluding hydrogens is 232 g/mol. The predicted molar refractivity (Wildman–Crippen MR) is 69.4 cm³/mol. The highest BCUT2D eigenvalue weighted by Crippen LogP contribution is 2.07. The normalized spacial score (nSPS) is 9.67. The van der Waals surface area contributed by atoms with Gasteiger partial charge in [-0.25, -0.2) is 0 Å². The summed E-state index contributed by atoms with van der Waals surface area (Å²) in [5, 5.41) is 8.28. The van der Waals surface area contributed by atoms with Crippen LogP contribution in [0.5, 0.6) is 0 Å². The molecule has 1 rings (SSSR count). The van der Waals surface area contributed by atoms with Crippen LogP contribution in [0, 0.1) is 0 Å². The molecule has 0 radical (unpaired) electrons. The number of hydrogen-bond donors (Lipinski definition) is 3. The van der Waals surface area contributed by atoms with E-state index in [4.69, 9.17) is 0 Å². The van der Waals surface area contributed by atoms with E-state index < -0.39 is 0 Å². The molecule has 0 saturated carbocycles. The molecule has 98 valence electrons. The van der Waals surface area contributed by atoms with Crippen molar-refractivity contribution in [2.24, 2.45) is 0 Å². The number of hydrogen-bond acceptors (Lipinski definition) is 4. The molecule has 0 spiro atoms. The number of carbonyl (C=O) groups is 2. The molecule has 1 aromatic heterocycles. The first-order valence-electron chi connectivity index (χ1n) is 5.92. The predicted octanol–water partition coefficient (Wildman–Crippen LogP) is 0.379. The van der Waals surface area contributed by atoms with Gasteiger partial charge in [0.05, 0.1) is 6.54 Å². The fourth-order valence-electron chi connectivity index (χ4n) is 1.36. The van der Waals surface area contributed by atoms with Gasteiger partial charge in [-0.1, -0.05) is 0 Å². The Labute approximate surface area is 106 Å². The Hall–Kier alpha value is -2.11. The van der Waals surface area contributed by atoms with Gasteiger partial charge in [-0.2, -0.15) is 0 Å². The van der Waals surface area contributed by atoms with Crippen molar-refractivity contribution < 1.29 is 9.59 Å². The fourth-order valence-corrected chi connectivity index (χ4v) is 1.36. The number of likely N-dealkylation sites (N-methyl/N-ethyl adjacent to an activating group) is 1. The molecule has 1 aromatic rings. The van der Waals surface area contributed by atoms with Crippen molar-refractivity contribution in [2.75, 3.05) is 25.0 Å². The quantitative estimate of drug-likeness (QED) is 0.681. The molecule has 0 fully saturated rings. The van der Waals surface area contributed by atoms with Gasteiger partial charge >= 0.3 is 0 Å². The molecule has 6 heteroatoms. The third-order valence-corrected chi connectivity index (χ3v) is 2.16. The van der Waals surface area contributed by atoms with Crippen LogP contribution in [0.4, 0.5) is 5.69 Å². The maximum atomic E-state index is 11.6. The molecule has 2 amide bonds. The van der Waals surface area contributed by atoms with Gasteiger partial charge in [0.15, 0.2) is 0 Å². The molecule has 1 heterocycles. The van der Waals surface area contributed by atoms with Gasteiger partial charge < -0.3 is 16.0 Å². The number of pyridine rings is 1. The summed E-state index contributed by atoms with van der Waals surface area (Å²) in [6.07, 6.45) is 1.53. The second-order valence-electron chi connectivity index (χ2n) is 3.60. The van der Waals surface area contributed by atoms with Crippen molar-refractivity contribution in [1.82, 2.24) is 15.6 Å². The van der Waals surface area contributed by atoms with E-state index in [0.29, 0.717) is 24.5 Å². The standard InChI is InChI=1S/C12H18N4O2/c1-3-13-11(17)8-16-9-5-6-15-10(7-9)12(18)14-4-2/h5-7H,3-4,8H2,1-2H3,(H,13,17)(H,14,18)(H,15,16). The Morgan fingerprint density at radius 3 is 2.61 bits per heavy atom. The molecule has 0 aromatic carbocycles. The van der Waals surface area contributed by atoms with Crippen LogP contribution in [0.2, 0.25) is 0 Å². The Morgan fingerprint density at radius 2 is 1.94 bits per heavy atom. The zero-order valence-electron chi connectivity index (χ0n) is 10.6. The topological polar surface area (TPSA) is 83.1 Å². The van der Waals surface area contributed by atoms with Crippen molar-refractivity contribution in [1.29, 1.82) is 0 Å². The minimum atomic E-state index is -0.223. The molecule has 0 saturated heterocycles. The van der Waals surface area contributed by atoms with E-state index >= 15 is 0 Å². The number of carbonyl (C=O) groups excluding carboxylic acids is 2. The summed E-state index contributed by atoms with van der Waals surface area (Å²) in [6.45, 7) is 5.03. The molecule has 0 aliphatic heterocycles. The van der Waals surface area contributed by atoms with Gasteiger partial charge in [-0.05, 0) is 26.0 Å². The summed E-state index contributed by atoms with van der Waals surface area (Å²) in [7, 11) is 0. The molecule has 0 bridgehead atoms. The van der Waals surface area contributed by atoms with E-state index in [1.165, 1.54) is 6.20 Å². The van der Waals surface area contributed by atoms with Crippen LogP contribution in [0.3, 0.4) is 0 Å². The van der Waals surface area contributed by atoms with E-state index in [9.17, 15) is 9.59 Å². The van der Waals surface area contributed by atoms with E-state index in [0.717, 1.165) is 0 Å². The van der Waals surface area contributed by atoms with Crippen LogP contribution in [0.1, 0.15) is 24.3 Å². The van der Waals surface area contributed by atoms with Gasteiger partial charge in [0, 0.05) is 25.0 Å². The minimum absolute atomic E-state index is 0.0890. The third kappa shape index (κ3) is 4.40. The molecule has 0 aliphatic rings. The second-order valence-corrected chi connectivity index (χ2v) is 3.60. The zero-order valence-corrected chi connectivity index (χ0v) is 10.6. The first kappa shape index (κ1) is 14.0. The van der Waals surface area contributed by atoms with Gasteiger partial charge in [0.2, 0.25) is 5.91 Å². The highest BCUT2D eigenvalue weighted by atomic mass is 16.2. The summed E-state index contributed by atoms with van der Waals surface area (Å²) in [6, 6.07) is 3.33. The minimum Gasteiger partial charge on any atom is -0.376 e. The number of nitrogens with zero attached hydrogens (tertiary/aromatic N) is 1. The Morgan fingerprint density at radius 1 is 1.22 bits per heavy atom. The summed E-state index contributed by atoms with van der Waals surface area (Å²) >= 11 is 0. The lowest BCUT2D eigenvalue weighted by Crippen LogP contribution is -2.29. The van der Waals surface area contributed by atoms with Crippen LogP contribution in [0.25, 0.3) is 0 Å². The Bertz CT molecular complexity index is 420. The maximum Gasteiger partial charge on any atom is 0.269 e. The lowest BCUT2D eigenvalue weighted by Gasteiger charge is -2.07. The van der Waals surface area contributed by atoms with Crippen molar-refractivity contribution in [3.63, 3.8) is 0 Å². The summed E-state index contributed by atoms with van der Waals surface area (Å²) in [4.78, 5) is 26.8. The van der Waals surface area contributed by atoms with Crippen molar-refractivity contribution in [2.45, 2.75) is 13.8 Å². The summed E-state index contributed by atoms with van der Waals surface area (Å²) in [5.74, 6) is -0.312. The average molecular weight is 250 g/mol. The summed E-state index contributed by atoms with van der Waals surface area (Å²) in [5.41, 5.74) is 1.02. The maximum absolute atomic E-state index is 11.6. The second kappa shape index (κ2) is 7.26. The number of anilines is 1. The molecule has 0 aliphatic carbocycles. The molecule has 0 unspecified atom stereocenters. The van der Waals surface area contributed by atoms with E-state index in [-0.39, 0.29) is 18.4 Å². The number of rotatable bonds is 6. The lowest BCUT2D eigenvalue weighted by molar-refractivity contribution is -0.119. The van der Waals surface area contributed by atoms with Crippen LogP contribution < -0.4 is 16.0 Å². The molecule has 6 nitrogen and oxygen atoms in total. The summed E-state index contributed by atoms with van der Waals surface area (Å²) < 4.78 is 0. The van der Waals surface area contributed by atoms with E-state index in [1.54, 1.807) is 12.1 Å².